The zero-order valence-corrected chi connectivity index (χ0v) is 11.7. The first kappa shape index (κ1) is 13.8. The molecule has 0 spiro atoms. The van der Waals surface area contributed by atoms with Gasteiger partial charge in [-0.05, 0) is 31.2 Å². The van der Waals surface area contributed by atoms with Crippen LogP contribution in [0.1, 0.15) is 11.3 Å². The van der Waals surface area contributed by atoms with Gasteiger partial charge in [0.05, 0.1) is 22.1 Å². The molecule has 1 aromatic carbocycles. The van der Waals surface area contributed by atoms with E-state index in [4.69, 9.17) is 28.9 Å². The summed E-state index contributed by atoms with van der Waals surface area (Å²) in [6.45, 7) is 5.21. The predicted octanol–water partition coefficient (Wildman–Crippen LogP) is 4.73. The Bertz CT molecular complexity index is 669. The number of pyridine rings is 1. The number of nitrogens with two attached hydrogens (primary N) is 1. The van der Waals surface area contributed by atoms with E-state index in [0.717, 1.165) is 0 Å². The number of rotatable bonds is 2. The zero-order valence-electron chi connectivity index (χ0n) is 10.2. The van der Waals surface area contributed by atoms with E-state index in [0.29, 0.717) is 38.2 Å². The highest BCUT2D eigenvalue weighted by Crippen LogP contribution is 2.32. The van der Waals surface area contributed by atoms with E-state index in [1.807, 2.05) is 0 Å². The molecule has 1 heterocycles. The first-order chi connectivity index (χ1) is 8.95. The minimum absolute atomic E-state index is 0.310. The minimum atomic E-state index is -0.420. The quantitative estimate of drug-likeness (QED) is 0.870. The Morgan fingerprint density at radius 1 is 1.37 bits per heavy atom. The lowest BCUT2D eigenvalue weighted by molar-refractivity contribution is 0.621. The van der Waals surface area contributed by atoms with Crippen LogP contribution in [0.3, 0.4) is 0 Å². The zero-order chi connectivity index (χ0) is 14.2. The first-order valence-corrected chi connectivity index (χ1v) is 6.24. The van der Waals surface area contributed by atoms with E-state index in [2.05, 4.69) is 11.6 Å². The third-order valence-corrected chi connectivity index (χ3v) is 3.62. The van der Waals surface area contributed by atoms with Gasteiger partial charge in [0.1, 0.15) is 5.82 Å². The standard InChI is InChI=1S/C14H11Cl2FN2/c1-3-11-13(16)10(18)6-12(19-11)8-4-5-9(15)7(2)14(8)17/h3-6H,1H2,2H3,(H2,18,19). The molecule has 1 aromatic heterocycles. The van der Waals surface area contributed by atoms with Crippen LogP contribution in [0.5, 0.6) is 0 Å². The second kappa shape index (κ2) is 5.19. The fourth-order valence-corrected chi connectivity index (χ4v) is 2.02. The van der Waals surface area contributed by atoms with E-state index >= 15 is 0 Å². The monoisotopic (exact) mass is 296 g/mol. The number of hydrogen-bond donors (Lipinski definition) is 1. The maximum atomic E-state index is 14.2. The second-order valence-electron chi connectivity index (χ2n) is 4.03. The van der Waals surface area contributed by atoms with Crippen LogP contribution in [0.25, 0.3) is 17.3 Å². The van der Waals surface area contributed by atoms with Gasteiger partial charge < -0.3 is 5.73 Å². The number of nitrogens with zero attached hydrogens (tertiary/aromatic N) is 1. The van der Waals surface area contributed by atoms with Crippen LogP contribution in [-0.2, 0) is 0 Å². The maximum Gasteiger partial charge on any atom is 0.136 e. The van der Waals surface area contributed by atoms with Crippen LogP contribution in [0, 0.1) is 12.7 Å². The molecule has 2 rings (SSSR count). The van der Waals surface area contributed by atoms with Gasteiger partial charge >= 0.3 is 0 Å². The summed E-state index contributed by atoms with van der Waals surface area (Å²) in [7, 11) is 0. The van der Waals surface area contributed by atoms with Crippen LogP contribution in [-0.4, -0.2) is 4.98 Å². The van der Waals surface area contributed by atoms with Gasteiger partial charge in [0.25, 0.3) is 0 Å². The number of aromatic nitrogens is 1. The smallest absolute Gasteiger partial charge is 0.136 e. The molecule has 0 amide bonds. The molecule has 2 N–H and O–H groups in total. The third-order valence-electron chi connectivity index (χ3n) is 2.80. The summed E-state index contributed by atoms with van der Waals surface area (Å²) in [5.74, 6) is -0.420. The Hall–Kier alpha value is -1.58. The van der Waals surface area contributed by atoms with E-state index in [1.165, 1.54) is 12.1 Å². The number of halogens is 3. The van der Waals surface area contributed by atoms with Gasteiger partial charge in [-0.1, -0.05) is 29.8 Å². The Labute approximate surface area is 120 Å². The predicted molar refractivity (Wildman–Crippen MR) is 78.9 cm³/mol. The summed E-state index contributed by atoms with van der Waals surface area (Å²) in [6, 6.07) is 4.71. The summed E-state index contributed by atoms with van der Waals surface area (Å²) >= 11 is 11.8. The van der Waals surface area contributed by atoms with Gasteiger partial charge in [0.15, 0.2) is 0 Å². The summed E-state index contributed by atoms with van der Waals surface area (Å²) < 4.78 is 14.2. The normalized spacial score (nSPS) is 10.5. The number of hydrogen-bond acceptors (Lipinski definition) is 2. The summed E-state index contributed by atoms with van der Waals surface area (Å²) in [6.07, 6.45) is 1.48. The van der Waals surface area contributed by atoms with Crippen molar-refractivity contribution in [3.63, 3.8) is 0 Å². The number of anilines is 1. The van der Waals surface area contributed by atoms with Crippen molar-refractivity contribution < 1.29 is 4.39 Å². The summed E-state index contributed by atoms with van der Waals surface area (Å²) in [5.41, 5.74) is 7.63. The first-order valence-electron chi connectivity index (χ1n) is 5.49. The maximum absolute atomic E-state index is 14.2. The Morgan fingerprint density at radius 2 is 2.05 bits per heavy atom. The molecule has 0 aliphatic carbocycles. The van der Waals surface area contributed by atoms with E-state index in [1.54, 1.807) is 19.1 Å². The van der Waals surface area contributed by atoms with Crippen molar-refractivity contribution in [3.05, 3.63) is 51.9 Å². The van der Waals surface area contributed by atoms with E-state index < -0.39 is 5.82 Å². The fraction of sp³-hybridized carbons (Fsp3) is 0.0714. The van der Waals surface area contributed by atoms with Crippen molar-refractivity contribution in [1.29, 1.82) is 0 Å². The third kappa shape index (κ3) is 2.44. The molecular weight excluding hydrogens is 286 g/mol. The molecule has 0 saturated heterocycles. The highest BCUT2D eigenvalue weighted by Gasteiger charge is 2.14. The van der Waals surface area contributed by atoms with Crippen molar-refractivity contribution in [1.82, 2.24) is 4.98 Å². The molecule has 2 nitrogen and oxygen atoms in total. The lowest BCUT2D eigenvalue weighted by atomic mass is 10.1. The van der Waals surface area contributed by atoms with Gasteiger partial charge in [-0.2, -0.15) is 0 Å². The minimum Gasteiger partial charge on any atom is -0.397 e. The summed E-state index contributed by atoms with van der Waals surface area (Å²) in [4.78, 5) is 4.24. The second-order valence-corrected chi connectivity index (χ2v) is 4.82. The highest BCUT2D eigenvalue weighted by molar-refractivity contribution is 6.34. The van der Waals surface area contributed by atoms with Crippen molar-refractivity contribution in [3.8, 4) is 11.3 Å². The molecule has 98 valence electrons. The fourth-order valence-electron chi connectivity index (χ4n) is 1.70. The van der Waals surface area contributed by atoms with E-state index in [-0.39, 0.29) is 0 Å². The van der Waals surface area contributed by atoms with Crippen LogP contribution in [0.15, 0.2) is 24.8 Å². The van der Waals surface area contributed by atoms with Crippen molar-refractivity contribution >= 4 is 35.0 Å². The van der Waals surface area contributed by atoms with Crippen molar-refractivity contribution in [2.24, 2.45) is 0 Å². The lowest BCUT2D eigenvalue weighted by Gasteiger charge is -2.10. The molecule has 0 fully saturated rings. The van der Waals surface area contributed by atoms with Crippen LogP contribution in [0.2, 0.25) is 10.0 Å². The molecule has 19 heavy (non-hydrogen) atoms. The molecule has 0 radical (unpaired) electrons. The molecule has 0 saturated carbocycles. The van der Waals surface area contributed by atoms with Crippen LogP contribution < -0.4 is 5.73 Å². The molecule has 5 heteroatoms. The summed E-state index contributed by atoms with van der Waals surface area (Å²) in [5, 5.41) is 0.678. The highest BCUT2D eigenvalue weighted by atomic mass is 35.5. The van der Waals surface area contributed by atoms with Crippen molar-refractivity contribution in [2.45, 2.75) is 6.92 Å². The Morgan fingerprint density at radius 3 is 2.68 bits per heavy atom. The van der Waals surface area contributed by atoms with Crippen LogP contribution >= 0.6 is 23.2 Å². The van der Waals surface area contributed by atoms with Crippen molar-refractivity contribution in [2.75, 3.05) is 5.73 Å². The van der Waals surface area contributed by atoms with Gasteiger partial charge in [0, 0.05) is 16.1 Å². The average molecular weight is 297 g/mol. The molecule has 0 aliphatic heterocycles. The van der Waals surface area contributed by atoms with E-state index in [9.17, 15) is 4.39 Å². The number of benzene rings is 1. The molecule has 0 atom stereocenters. The average Bonchev–Trinajstić information content (AvgIpc) is 2.39. The van der Waals surface area contributed by atoms with Gasteiger partial charge in [-0.3, -0.25) is 0 Å². The molecule has 2 aromatic rings. The molecule has 0 bridgehead atoms. The SMILES string of the molecule is C=Cc1nc(-c2ccc(Cl)c(C)c2F)cc(N)c1Cl. The topological polar surface area (TPSA) is 38.9 Å². The van der Waals surface area contributed by atoms with Gasteiger partial charge in [-0.25, -0.2) is 9.37 Å². The lowest BCUT2D eigenvalue weighted by Crippen LogP contribution is -1.97. The van der Waals surface area contributed by atoms with Crippen LogP contribution in [0.4, 0.5) is 10.1 Å². The largest absolute Gasteiger partial charge is 0.397 e. The Balaban J connectivity index is 2.69. The van der Waals surface area contributed by atoms with Gasteiger partial charge in [0.2, 0.25) is 0 Å². The number of nitrogen functional groups attached to an aromatic ring is 1. The molecule has 0 unspecified atom stereocenters. The van der Waals surface area contributed by atoms with Gasteiger partial charge in [-0.15, -0.1) is 0 Å². The Kier molecular flexibility index (Phi) is 3.78. The molecule has 0 aliphatic rings. The molecular formula is C14H11Cl2FN2.